The third-order valence-corrected chi connectivity index (χ3v) is 2.27. The molecule has 6 heteroatoms. The summed E-state index contributed by atoms with van der Waals surface area (Å²) in [5.74, 6) is -7.30. The van der Waals surface area contributed by atoms with E-state index in [1.54, 1.807) is 0 Å². The van der Waals surface area contributed by atoms with Crippen LogP contribution in [-0.4, -0.2) is 22.1 Å². The number of hydrogen-bond acceptors (Lipinski definition) is 2. The Balaban J connectivity index is 3.20. The molecule has 0 amide bonds. The Morgan fingerprint density at radius 3 is 2.00 bits per heavy atom. The van der Waals surface area contributed by atoms with Crippen molar-refractivity contribution in [1.82, 2.24) is 0 Å². The third-order valence-electron chi connectivity index (χ3n) is 2.27. The van der Waals surface area contributed by atoms with Crippen LogP contribution in [0.4, 0.5) is 13.2 Å². The van der Waals surface area contributed by atoms with Crippen LogP contribution in [0.5, 0.6) is 5.75 Å². The average Bonchev–Trinajstić information content (AvgIpc) is 2.17. The van der Waals surface area contributed by atoms with E-state index in [0.717, 1.165) is 24.3 Å². The second-order valence-corrected chi connectivity index (χ2v) is 3.43. The molecule has 0 spiro atoms. The molecule has 0 aliphatic carbocycles. The Morgan fingerprint density at radius 2 is 1.62 bits per heavy atom. The molecule has 0 fully saturated rings. The lowest BCUT2D eigenvalue weighted by atomic mass is 9.91. The summed E-state index contributed by atoms with van der Waals surface area (Å²) in [6.07, 6.45) is 0. The summed E-state index contributed by atoms with van der Waals surface area (Å²) in [7, 11) is 0. The summed E-state index contributed by atoms with van der Waals surface area (Å²) in [6, 6.07) is 3.83. The first-order chi connectivity index (χ1) is 7.19. The lowest BCUT2D eigenvalue weighted by Gasteiger charge is -2.27. The van der Waals surface area contributed by atoms with Gasteiger partial charge in [-0.1, -0.05) is 12.1 Å². The standard InChI is InChI=1S/C10H9F3O3/c1-9(11,10(12,13)8(15)16)6-2-4-7(14)5-3-6/h2-5,14H,1H3,(H,15,16). The van der Waals surface area contributed by atoms with Crippen molar-refractivity contribution in [2.24, 2.45) is 0 Å². The lowest BCUT2D eigenvalue weighted by Crippen LogP contribution is -2.45. The van der Waals surface area contributed by atoms with Gasteiger partial charge in [-0.05, 0) is 24.6 Å². The van der Waals surface area contributed by atoms with E-state index in [1.807, 2.05) is 0 Å². The minimum absolute atomic E-state index is 0.224. The number of carbonyl (C=O) groups is 1. The van der Waals surface area contributed by atoms with Crippen molar-refractivity contribution in [3.05, 3.63) is 29.8 Å². The molecule has 1 atom stereocenters. The molecular weight excluding hydrogens is 225 g/mol. The third kappa shape index (κ3) is 1.82. The highest BCUT2D eigenvalue weighted by molar-refractivity contribution is 5.77. The van der Waals surface area contributed by atoms with E-state index >= 15 is 0 Å². The van der Waals surface area contributed by atoms with Crippen molar-refractivity contribution in [1.29, 1.82) is 0 Å². The van der Waals surface area contributed by atoms with Crippen LogP contribution in [0.15, 0.2) is 24.3 Å². The Morgan fingerprint density at radius 1 is 1.19 bits per heavy atom. The predicted molar refractivity (Wildman–Crippen MR) is 49.1 cm³/mol. The van der Waals surface area contributed by atoms with Gasteiger partial charge in [0.05, 0.1) is 0 Å². The minimum Gasteiger partial charge on any atom is -0.508 e. The maximum Gasteiger partial charge on any atom is 0.379 e. The summed E-state index contributed by atoms with van der Waals surface area (Å²) in [5.41, 5.74) is -3.86. The molecule has 2 N–H and O–H groups in total. The van der Waals surface area contributed by atoms with Gasteiger partial charge in [0.25, 0.3) is 0 Å². The van der Waals surface area contributed by atoms with E-state index in [4.69, 9.17) is 10.2 Å². The Kier molecular flexibility index (Phi) is 2.85. The van der Waals surface area contributed by atoms with Gasteiger partial charge in [-0.25, -0.2) is 9.18 Å². The van der Waals surface area contributed by atoms with Gasteiger partial charge in [0.2, 0.25) is 5.67 Å². The number of benzene rings is 1. The van der Waals surface area contributed by atoms with Gasteiger partial charge in [-0.15, -0.1) is 0 Å². The summed E-state index contributed by atoms with van der Waals surface area (Å²) in [6.45, 7) is 0.480. The van der Waals surface area contributed by atoms with Crippen LogP contribution in [-0.2, 0) is 10.5 Å². The topological polar surface area (TPSA) is 57.5 Å². The number of aromatic hydroxyl groups is 1. The maximum absolute atomic E-state index is 13.8. The molecule has 0 bridgehead atoms. The van der Waals surface area contributed by atoms with E-state index < -0.39 is 23.1 Å². The van der Waals surface area contributed by atoms with Crippen LogP contribution < -0.4 is 0 Å². The zero-order valence-corrected chi connectivity index (χ0v) is 8.25. The molecule has 3 nitrogen and oxygen atoms in total. The highest BCUT2D eigenvalue weighted by Crippen LogP contribution is 2.41. The number of hydrogen-bond donors (Lipinski definition) is 2. The lowest BCUT2D eigenvalue weighted by molar-refractivity contribution is -0.190. The molecule has 0 radical (unpaired) electrons. The second kappa shape index (κ2) is 3.70. The van der Waals surface area contributed by atoms with E-state index in [0.29, 0.717) is 6.92 Å². The maximum atomic E-state index is 13.8. The zero-order valence-electron chi connectivity index (χ0n) is 8.25. The molecule has 0 aromatic heterocycles. The monoisotopic (exact) mass is 234 g/mol. The largest absolute Gasteiger partial charge is 0.508 e. The summed E-state index contributed by atoms with van der Waals surface area (Å²) >= 11 is 0. The normalized spacial score (nSPS) is 15.5. The molecule has 16 heavy (non-hydrogen) atoms. The fraction of sp³-hybridized carbons (Fsp3) is 0.300. The Hall–Kier alpha value is -1.72. The molecule has 1 rings (SSSR count). The number of rotatable bonds is 3. The van der Waals surface area contributed by atoms with Crippen LogP contribution in [0.1, 0.15) is 12.5 Å². The number of alkyl halides is 3. The number of carboxylic acids is 1. The molecule has 0 heterocycles. The molecule has 0 aliphatic rings. The molecule has 0 aliphatic heterocycles. The van der Waals surface area contributed by atoms with Crippen molar-refractivity contribution >= 4 is 5.97 Å². The molecule has 1 aromatic rings. The predicted octanol–water partition coefficient (Wildman–Crippen LogP) is 2.30. The highest BCUT2D eigenvalue weighted by Gasteiger charge is 2.58. The van der Waals surface area contributed by atoms with Crippen molar-refractivity contribution in [3.8, 4) is 5.75 Å². The summed E-state index contributed by atoms with van der Waals surface area (Å²) < 4.78 is 39.9. The molecule has 88 valence electrons. The van der Waals surface area contributed by atoms with Crippen molar-refractivity contribution in [3.63, 3.8) is 0 Å². The molecule has 1 unspecified atom stereocenters. The summed E-state index contributed by atoms with van der Waals surface area (Å²) in [4.78, 5) is 10.3. The van der Waals surface area contributed by atoms with Crippen LogP contribution >= 0.6 is 0 Å². The van der Waals surface area contributed by atoms with Gasteiger partial charge in [-0.2, -0.15) is 8.78 Å². The Labute approximate surface area is 89.1 Å². The number of aliphatic carboxylic acids is 1. The first-order valence-corrected chi connectivity index (χ1v) is 4.29. The second-order valence-electron chi connectivity index (χ2n) is 3.43. The average molecular weight is 234 g/mol. The van der Waals surface area contributed by atoms with E-state index in [1.165, 1.54) is 0 Å². The molecule has 1 aromatic carbocycles. The van der Waals surface area contributed by atoms with Crippen LogP contribution in [0.2, 0.25) is 0 Å². The SMILES string of the molecule is CC(F)(c1ccc(O)cc1)C(F)(F)C(=O)O. The van der Waals surface area contributed by atoms with Crippen molar-refractivity contribution in [2.45, 2.75) is 18.5 Å². The fourth-order valence-corrected chi connectivity index (χ4v) is 1.16. The van der Waals surface area contributed by atoms with Crippen molar-refractivity contribution in [2.75, 3.05) is 0 Å². The number of halogens is 3. The minimum atomic E-state index is -4.54. The number of carboxylic acid groups (broad SMARTS) is 1. The van der Waals surface area contributed by atoms with Gasteiger partial charge in [0, 0.05) is 0 Å². The van der Waals surface area contributed by atoms with E-state index in [9.17, 15) is 18.0 Å². The van der Waals surface area contributed by atoms with Gasteiger partial charge >= 0.3 is 11.9 Å². The molecular formula is C10H9F3O3. The van der Waals surface area contributed by atoms with E-state index in [2.05, 4.69) is 0 Å². The fourth-order valence-electron chi connectivity index (χ4n) is 1.16. The highest BCUT2D eigenvalue weighted by atomic mass is 19.3. The van der Waals surface area contributed by atoms with Crippen LogP contribution in [0.25, 0.3) is 0 Å². The molecule has 0 saturated heterocycles. The first kappa shape index (κ1) is 12.4. The van der Waals surface area contributed by atoms with Crippen LogP contribution in [0, 0.1) is 0 Å². The van der Waals surface area contributed by atoms with Gasteiger partial charge in [-0.3, -0.25) is 0 Å². The number of phenolic OH excluding ortho intramolecular Hbond substituents is 1. The van der Waals surface area contributed by atoms with Gasteiger partial charge in [0.1, 0.15) is 5.75 Å². The zero-order chi connectivity index (χ0) is 12.6. The molecule has 0 saturated carbocycles. The smallest absolute Gasteiger partial charge is 0.379 e. The van der Waals surface area contributed by atoms with Crippen molar-refractivity contribution < 1.29 is 28.2 Å². The first-order valence-electron chi connectivity index (χ1n) is 4.29. The number of phenols is 1. The van der Waals surface area contributed by atoms with Gasteiger partial charge in [0.15, 0.2) is 0 Å². The Bertz CT molecular complexity index is 398. The quantitative estimate of drug-likeness (QED) is 0.843. The summed E-state index contributed by atoms with van der Waals surface area (Å²) in [5, 5.41) is 17.2. The van der Waals surface area contributed by atoms with Gasteiger partial charge < -0.3 is 10.2 Å². The van der Waals surface area contributed by atoms with E-state index in [-0.39, 0.29) is 5.75 Å². The van der Waals surface area contributed by atoms with Crippen LogP contribution in [0.3, 0.4) is 0 Å².